The lowest BCUT2D eigenvalue weighted by Crippen LogP contribution is -2.64. The Morgan fingerprint density at radius 3 is 1.85 bits per heavy atom. The van der Waals surface area contributed by atoms with Gasteiger partial charge in [-0.1, -0.05) is 92.1 Å². The van der Waals surface area contributed by atoms with Crippen LogP contribution in [0.25, 0.3) is 0 Å². The van der Waals surface area contributed by atoms with Crippen molar-refractivity contribution in [3.63, 3.8) is 0 Å². The summed E-state index contributed by atoms with van der Waals surface area (Å²) < 4.78 is 11.5. The third kappa shape index (κ3) is 25.4. The number of hydrogen-bond donors (Lipinski definition) is 18. The highest BCUT2D eigenvalue weighted by Crippen LogP contribution is 2.26. The van der Waals surface area contributed by atoms with E-state index in [2.05, 4.69) is 47.9 Å². The van der Waals surface area contributed by atoms with Crippen LogP contribution in [0.4, 0.5) is 4.79 Å². The van der Waals surface area contributed by atoms with E-state index < -0.39 is 204 Å². The minimum atomic E-state index is -2.59. The summed E-state index contributed by atoms with van der Waals surface area (Å²) in [4.78, 5) is 186. The number of cyclic esters (lactones) is 1. The standard InChI is InChI=1S/C62H101N15O19/c1-13-32(8)41-55(89)74-42(33(9)79)54(88)67-27-40(80)72-44(47(82)49(63)83)57(91)71-38(28-78)59(93)95-48(34-19-15-14-16-20-34)45(76-52(86)37(26-30(4)5)69-53(87)39-22-18-24-77(39)61(94)96-62(10,11)12)58(92)75-43(46(81)31(6)7)56(90)70-36(25-29(2)3)51(85)68-35(50(84)73-41)21-17-23-66-60(64)65/h14-16,19-20,29-33,35-39,41-48,78-79,81-82H,13,17-18,21-28H2,1-12H3,(H2,63,83)(H,67,88)(H,68,85)(H,69,87)(H,70,90)(H,71,91)(H,72,80)(H,73,84)(H,74,89)(H,75,92)(H,76,86)(H4,64,65,66)/t32-,33-,35+,36-,37-,38-,39+,41-,42-,43-,44-,45-,46+,47-,48+/m0/s1. The maximum absolute atomic E-state index is 15.5. The van der Waals surface area contributed by atoms with Gasteiger partial charge in [0.2, 0.25) is 65.0 Å². The summed E-state index contributed by atoms with van der Waals surface area (Å²) in [6.07, 6.45) is -8.72. The molecule has 20 N–H and O–H groups in total. The van der Waals surface area contributed by atoms with Gasteiger partial charge < -0.3 is 99.9 Å². The Morgan fingerprint density at radius 1 is 0.729 bits per heavy atom. The molecule has 34 heteroatoms. The zero-order valence-corrected chi connectivity index (χ0v) is 56.6. The third-order valence-corrected chi connectivity index (χ3v) is 15.6. The molecule has 2 heterocycles. The van der Waals surface area contributed by atoms with Gasteiger partial charge in [0.1, 0.15) is 60.0 Å². The van der Waals surface area contributed by atoms with Crippen LogP contribution in [0, 0.1) is 29.1 Å². The van der Waals surface area contributed by atoms with Crippen LogP contribution in [0.3, 0.4) is 0 Å². The van der Waals surface area contributed by atoms with Crippen LogP contribution in [0.2, 0.25) is 0 Å². The first-order chi connectivity index (χ1) is 44.8. The molecule has 538 valence electrons. The van der Waals surface area contributed by atoms with Crippen molar-refractivity contribution in [2.24, 2.45) is 35.1 Å². The van der Waals surface area contributed by atoms with Crippen LogP contribution in [-0.2, 0) is 67.0 Å². The number of carbonyl (C=O) groups is 13. The van der Waals surface area contributed by atoms with Gasteiger partial charge in [0, 0.05) is 13.1 Å². The molecule has 12 amide bonds. The number of benzene rings is 1. The molecule has 2 fully saturated rings. The molecule has 3 rings (SSSR count). The number of nitrogens with two attached hydrogens (primary N) is 2. The van der Waals surface area contributed by atoms with Crippen LogP contribution in [0.5, 0.6) is 0 Å². The smallest absolute Gasteiger partial charge is 0.410 e. The number of amides is 12. The Bertz CT molecular complexity index is 2890. The van der Waals surface area contributed by atoms with Crippen molar-refractivity contribution in [1.82, 2.24) is 63.4 Å². The van der Waals surface area contributed by atoms with Crippen molar-refractivity contribution in [3.05, 3.63) is 35.9 Å². The van der Waals surface area contributed by atoms with E-state index in [1.165, 1.54) is 49.1 Å². The van der Waals surface area contributed by atoms with E-state index in [1.807, 2.05) is 10.6 Å². The van der Waals surface area contributed by atoms with E-state index in [0.29, 0.717) is 6.42 Å². The van der Waals surface area contributed by atoms with Crippen LogP contribution >= 0.6 is 0 Å². The van der Waals surface area contributed by atoms with Gasteiger partial charge in [-0.2, -0.15) is 0 Å². The molecule has 15 atom stereocenters. The summed E-state index contributed by atoms with van der Waals surface area (Å²) >= 11 is 0. The molecule has 0 unspecified atom stereocenters. The molecule has 1 aromatic carbocycles. The third-order valence-electron chi connectivity index (χ3n) is 15.6. The van der Waals surface area contributed by atoms with E-state index >= 15 is 9.59 Å². The highest BCUT2D eigenvalue weighted by molar-refractivity contribution is 6.00. The molecule has 96 heavy (non-hydrogen) atoms. The minimum Gasteiger partial charge on any atom is -0.453 e. The van der Waals surface area contributed by atoms with Crippen molar-refractivity contribution < 1.29 is 92.2 Å². The average Bonchev–Trinajstić information content (AvgIpc) is 0.853. The van der Waals surface area contributed by atoms with Gasteiger partial charge in [0.25, 0.3) is 0 Å². The van der Waals surface area contributed by atoms with Crippen molar-refractivity contribution in [3.8, 4) is 0 Å². The van der Waals surface area contributed by atoms with Crippen LogP contribution in [0.1, 0.15) is 140 Å². The summed E-state index contributed by atoms with van der Waals surface area (Å²) in [5.41, 5.74) is 9.81. The van der Waals surface area contributed by atoms with Gasteiger partial charge in [0.15, 0.2) is 24.2 Å². The van der Waals surface area contributed by atoms with E-state index in [9.17, 15) is 73.2 Å². The molecule has 0 aliphatic carbocycles. The second-order valence-corrected chi connectivity index (χ2v) is 26.2. The molecule has 0 radical (unpaired) electrons. The highest BCUT2D eigenvalue weighted by atomic mass is 16.6. The van der Waals surface area contributed by atoms with Gasteiger partial charge in [0.05, 0.1) is 25.4 Å². The summed E-state index contributed by atoms with van der Waals surface area (Å²) in [6.45, 7) is 16.7. The number of esters is 1. The molecule has 2 aliphatic heterocycles. The first kappa shape index (κ1) is 81.5. The number of ether oxygens (including phenoxy) is 2. The summed E-state index contributed by atoms with van der Waals surface area (Å²) in [6, 6.07) is -11.1. The number of primary amides is 1. The Kier molecular flexibility index (Phi) is 32.3. The molecule has 2 aliphatic rings. The number of hydrogen-bond acceptors (Lipinski definition) is 20. The fourth-order valence-electron chi connectivity index (χ4n) is 10.2. The van der Waals surface area contributed by atoms with Gasteiger partial charge >= 0.3 is 12.1 Å². The van der Waals surface area contributed by atoms with Crippen LogP contribution in [-0.4, -0.2) is 219 Å². The first-order valence-corrected chi connectivity index (χ1v) is 32.1. The molecular weight excluding hydrogens is 1260 g/mol. The van der Waals surface area contributed by atoms with Gasteiger partial charge in [-0.15, -0.1) is 0 Å². The summed E-state index contributed by atoms with van der Waals surface area (Å²) in [7, 11) is 0. The highest BCUT2D eigenvalue weighted by Gasteiger charge is 2.45. The summed E-state index contributed by atoms with van der Waals surface area (Å²) in [5, 5.41) is 78.6. The number of guanidine groups is 1. The Hall–Kier alpha value is -8.76. The maximum Gasteiger partial charge on any atom is 0.410 e. The number of aliphatic hydroxyl groups excluding tert-OH is 4. The summed E-state index contributed by atoms with van der Waals surface area (Å²) in [5.74, 6) is -17.7. The van der Waals surface area contributed by atoms with Crippen molar-refractivity contribution in [1.29, 1.82) is 5.41 Å². The Balaban J connectivity index is 2.41. The molecule has 0 saturated carbocycles. The number of nitrogens with zero attached hydrogens (tertiary/aromatic N) is 1. The quantitative estimate of drug-likeness (QED) is 0.0240. The van der Waals surface area contributed by atoms with Gasteiger partial charge in [-0.3, -0.25) is 63.0 Å². The Labute approximate surface area is 558 Å². The lowest BCUT2D eigenvalue weighted by Gasteiger charge is -2.34. The van der Waals surface area contributed by atoms with E-state index in [1.54, 1.807) is 62.3 Å². The molecule has 1 aromatic rings. The normalized spacial score (nSPS) is 25.2. The van der Waals surface area contributed by atoms with E-state index in [4.69, 9.17) is 26.4 Å². The van der Waals surface area contributed by atoms with Crippen molar-refractivity contribution in [2.45, 2.75) is 218 Å². The Morgan fingerprint density at radius 2 is 1.30 bits per heavy atom. The zero-order valence-electron chi connectivity index (χ0n) is 56.6. The molecule has 0 spiro atoms. The number of carbonyl (C=O) groups excluding carboxylic acids is 13. The number of aliphatic hydroxyl groups is 4. The van der Waals surface area contributed by atoms with Gasteiger partial charge in [-0.05, 0) is 95.5 Å². The van der Waals surface area contributed by atoms with Crippen molar-refractivity contribution in [2.75, 3.05) is 26.2 Å². The molecule has 0 bridgehead atoms. The number of rotatable bonds is 21. The van der Waals surface area contributed by atoms with E-state index in [0.717, 1.165) is 6.92 Å². The molecule has 2 saturated heterocycles. The van der Waals surface area contributed by atoms with Gasteiger partial charge in [-0.25, -0.2) is 9.59 Å². The fourth-order valence-corrected chi connectivity index (χ4v) is 10.2. The average molecular weight is 1360 g/mol. The maximum atomic E-state index is 15.5. The second kappa shape index (κ2) is 38.1. The van der Waals surface area contributed by atoms with Crippen molar-refractivity contribution >= 4 is 83.0 Å². The SMILES string of the molecule is CC[C@H](C)[C@@H]1NC(=O)[C@@H](CCCNC(=N)N)NC(=O)[C@H](CC(C)C)NC(=O)[C@H]([C@H](O)C(C)C)NC(=O)[C@@H](NC(=O)[C@H](CC(C)C)NC(=O)[C@H]2CCCN2C(=O)OC(C)(C)C)[C@@H](c2ccccc2)OC(=O)[C@H](CO)NC(=O)[C@H]([C@H](O)C(N)=O)NC(=O)CNC(=O)[C@H]([C@H](C)O)NC1=O. The van der Waals surface area contributed by atoms with E-state index in [-0.39, 0.29) is 63.1 Å². The largest absolute Gasteiger partial charge is 0.453 e. The lowest BCUT2D eigenvalue weighted by molar-refractivity contribution is -0.159. The minimum absolute atomic E-state index is 0.00351. The monoisotopic (exact) mass is 1360 g/mol. The number of likely N-dealkylation sites (tertiary alicyclic amines) is 1. The van der Waals surface area contributed by atoms with Crippen LogP contribution < -0.4 is 70.0 Å². The molecule has 0 aromatic heterocycles. The molecule has 34 nitrogen and oxygen atoms in total. The zero-order chi connectivity index (χ0) is 72.6. The molecular formula is C62H101N15O19. The topological polar surface area (TPSA) is 533 Å². The predicted octanol–water partition coefficient (Wildman–Crippen LogP) is -4.20. The number of nitrogens with one attached hydrogen (secondary N) is 12. The van der Waals surface area contributed by atoms with Crippen LogP contribution in [0.15, 0.2) is 30.3 Å². The second-order valence-electron chi connectivity index (χ2n) is 26.2. The fraction of sp³-hybridized carbons (Fsp3) is 0.677. The first-order valence-electron chi connectivity index (χ1n) is 32.1. The predicted molar refractivity (Wildman–Crippen MR) is 344 cm³/mol. The lowest BCUT2D eigenvalue weighted by atomic mass is 9.95.